The Morgan fingerprint density at radius 3 is 2.44 bits per heavy atom. The molecular weight excluding hydrogens is 455 g/mol. The van der Waals surface area contributed by atoms with E-state index in [2.05, 4.69) is 10.2 Å². The Kier molecular flexibility index (Phi) is 7.66. The second-order valence-electron chi connectivity index (χ2n) is 9.30. The second kappa shape index (κ2) is 10.7. The summed E-state index contributed by atoms with van der Waals surface area (Å²) in [6.07, 6.45) is 5.30. The van der Waals surface area contributed by atoms with Crippen LogP contribution in [-0.4, -0.2) is 72.3 Å². The van der Waals surface area contributed by atoms with Gasteiger partial charge in [-0.3, -0.25) is 14.5 Å². The Hall–Kier alpha value is -2.74. The maximum atomic E-state index is 13.2. The molecule has 2 heterocycles. The molecule has 0 spiro atoms. The molecule has 2 atom stereocenters. The third-order valence-corrected chi connectivity index (χ3v) is 6.52. The molecule has 2 fully saturated rings. The highest BCUT2D eigenvalue weighted by Gasteiger charge is 2.41. The summed E-state index contributed by atoms with van der Waals surface area (Å²) in [5, 5.41) is 3.39. The number of hydrogen-bond donors (Lipinski definition) is 1. The maximum Gasteiger partial charge on any atom is 0.247 e. The lowest BCUT2D eigenvalue weighted by Gasteiger charge is -2.40. The van der Waals surface area contributed by atoms with E-state index in [1.807, 2.05) is 31.1 Å². The van der Waals surface area contributed by atoms with Gasteiger partial charge in [-0.1, -0.05) is 29.8 Å². The molecule has 2 unspecified atom stereocenters. The van der Waals surface area contributed by atoms with Crippen LogP contribution in [0.2, 0.25) is 5.02 Å². The van der Waals surface area contributed by atoms with E-state index in [1.165, 1.54) is 12.1 Å². The highest BCUT2D eigenvalue weighted by Crippen LogP contribution is 2.31. The number of piperazine rings is 1. The predicted octanol–water partition coefficient (Wildman–Crippen LogP) is 3.87. The van der Waals surface area contributed by atoms with E-state index in [0.717, 1.165) is 43.6 Å². The molecule has 0 radical (unpaired) electrons. The molecule has 2 aromatic carbocycles. The Labute approximate surface area is 205 Å². The zero-order valence-corrected chi connectivity index (χ0v) is 20.3. The van der Waals surface area contributed by atoms with Crippen LogP contribution in [0.5, 0.6) is 0 Å². The van der Waals surface area contributed by atoms with Gasteiger partial charge in [-0.15, -0.1) is 0 Å². The molecule has 2 saturated heterocycles. The number of nitrogens with zero attached hydrogens (tertiary/aromatic N) is 3. The number of likely N-dealkylation sites (N-methyl/N-ethyl adjacent to an activating group) is 1. The Morgan fingerprint density at radius 2 is 1.79 bits per heavy atom. The van der Waals surface area contributed by atoms with E-state index in [4.69, 9.17) is 11.6 Å². The zero-order chi connectivity index (χ0) is 24.2. The first-order chi connectivity index (χ1) is 16.3. The van der Waals surface area contributed by atoms with Gasteiger partial charge in [0.2, 0.25) is 11.8 Å². The van der Waals surface area contributed by atoms with Crippen molar-refractivity contribution in [1.29, 1.82) is 0 Å². The number of benzene rings is 2. The summed E-state index contributed by atoms with van der Waals surface area (Å²) in [5.74, 6) is -0.398. The van der Waals surface area contributed by atoms with Gasteiger partial charge in [-0.25, -0.2) is 4.39 Å². The van der Waals surface area contributed by atoms with E-state index in [-0.39, 0.29) is 36.3 Å². The van der Waals surface area contributed by atoms with Crippen molar-refractivity contribution in [2.75, 3.05) is 39.0 Å². The van der Waals surface area contributed by atoms with Gasteiger partial charge in [0.05, 0.1) is 6.54 Å². The topological polar surface area (TPSA) is 55.9 Å². The molecule has 4 rings (SSSR count). The van der Waals surface area contributed by atoms with Crippen LogP contribution in [0.3, 0.4) is 0 Å². The van der Waals surface area contributed by atoms with Crippen LogP contribution in [0.15, 0.2) is 48.5 Å². The van der Waals surface area contributed by atoms with Crippen LogP contribution >= 0.6 is 11.6 Å². The summed E-state index contributed by atoms with van der Waals surface area (Å²) in [7, 11) is 3.65. The molecule has 0 aromatic heterocycles. The minimum Gasteiger partial charge on any atom is -0.331 e. The van der Waals surface area contributed by atoms with E-state index in [0.29, 0.717) is 10.7 Å². The largest absolute Gasteiger partial charge is 0.331 e. The number of likely N-dealkylation sites (tertiary alicyclic amines) is 1. The number of halogens is 2. The summed E-state index contributed by atoms with van der Waals surface area (Å²) in [4.78, 5) is 31.5. The van der Waals surface area contributed by atoms with Crippen molar-refractivity contribution in [3.8, 4) is 0 Å². The molecule has 2 amide bonds. The summed E-state index contributed by atoms with van der Waals surface area (Å²) in [6.45, 7) is 2.62. The average Bonchev–Trinajstić information content (AvgIpc) is 3.04. The average molecular weight is 485 g/mol. The molecular formula is C26H30ClFN4O2. The van der Waals surface area contributed by atoms with E-state index in [1.54, 1.807) is 35.3 Å². The summed E-state index contributed by atoms with van der Waals surface area (Å²) in [6, 6.07) is 12.2. The summed E-state index contributed by atoms with van der Waals surface area (Å²) >= 11 is 6.13. The van der Waals surface area contributed by atoms with Gasteiger partial charge in [0.15, 0.2) is 0 Å². The first kappa shape index (κ1) is 24.4. The van der Waals surface area contributed by atoms with Gasteiger partial charge < -0.3 is 15.1 Å². The second-order valence-corrected chi connectivity index (χ2v) is 9.74. The van der Waals surface area contributed by atoms with Gasteiger partial charge >= 0.3 is 0 Å². The van der Waals surface area contributed by atoms with E-state index >= 15 is 0 Å². The molecule has 0 aliphatic carbocycles. The van der Waals surface area contributed by atoms with Crippen molar-refractivity contribution in [3.05, 3.63) is 70.5 Å². The standard InChI is InChI=1S/C26H30ClFN4O2/c1-30(2)17-25(33)29-24-13-20(27)7-5-19(24)6-12-26(34)32-22-10-11-23(32)16-31(15-22)14-18-3-8-21(28)9-4-18/h3-9,12-13,22-23H,10-11,14-17H2,1-2H3,(H,29,33). The molecule has 1 N–H and O–H groups in total. The van der Waals surface area contributed by atoms with Crippen molar-refractivity contribution >= 4 is 35.2 Å². The van der Waals surface area contributed by atoms with Crippen molar-refractivity contribution in [2.24, 2.45) is 0 Å². The van der Waals surface area contributed by atoms with Gasteiger partial charge in [-0.2, -0.15) is 0 Å². The fourth-order valence-corrected chi connectivity index (χ4v) is 5.01. The third kappa shape index (κ3) is 6.03. The number of anilines is 1. The van der Waals surface area contributed by atoms with Crippen molar-refractivity contribution in [2.45, 2.75) is 31.5 Å². The number of carbonyl (C=O) groups is 2. The fourth-order valence-electron chi connectivity index (χ4n) is 4.83. The molecule has 2 aliphatic rings. The molecule has 180 valence electrons. The van der Waals surface area contributed by atoms with Crippen molar-refractivity contribution in [3.63, 3.8) is 0 Å². The van der Waals surface area contributed by atoms with Crippen molar-refractivity contribution < 1.29 is 14.0 Å². The van der Waals surface area contributed by atoms with Crippen LogP contribution in [0.4, 0.5) is 10.1 Å². The SMILES string of the molecule is CN(C)CC(=O)Nc1cc(Cl)ccc1C=CC(=O)N1C2CCC1CN(Cc1ccc(F)cc1)C2. The van der Waals surface area contributed by atoms with Crippen LogP contribution in [0, 0.1) is 5.82 Å². The first-order valence-corrected chi connectivity index (χ1v) is 11.9. The minimum absolute atomic E-state index is 0.0190. The molecule has 2 aromatic rings. The molecule has 8 heteroatoms. The van der Waals surface area contributed by atoms with Gasteiger partial charge in [0.25, 0.3) is 0 Å². The zero-order valence-electron chi connectivity index (χ0n) is 19.5. The Morgan fingerprint density at radius 1 is 1.12 bits per heavy atom. The van der Waals surface area contributed by atoms with Crippen LogP contribution < -0.4 is 5.32 Å². The number of nitrogens with one attached hydrogen (secondary N) is 1. The lowest BCUT2D eigenvalue weighted by atomic mass is 10.1. The predicted molar refractivity (Wildman–Crippen MR) is 133 cm³/mol. The minimum atomic E-state index is -0.230. The van der Waals surface area contributed by atoms with Crippen LogP contribution in [0.25, 0.3) is 6.08 Å². The molecule has 6 nitrogen and oxygen atoms in total. The lowest BCUT2D eigenvalue weighted by molar-refractivity contribution is -0.131. The molecule has 34 heavy (non-hydrogen) atoms. The fraction of sp³-hybridized carbons (Fsp3) is 0.385. The maximum absolute atomic E-state index is 13.2. The van der Waals surface area contributed by atoms with E-state index in [9.17, 15) is 14.0 Å². The third-order valence-electron chi connectivity index (χ3n) is 6.29. The van der Waals surface area contributed by atoms with Gasteiger partial charge in [-0.05, 0) is 68.4 Å². The van der Waals surface area contributed by atoms with Crippen LogP contribution in [0.1, 0.15) is 24.0 Å². The molecule has 2 aliphatic heterocycles. The highest BCUT2D eigenvalue weighted by atomic mass is 35.5. The monoisotopic (exact) mass is 484 g/mol. The number of amides is 2. The van der Waals surface area contributed by atoms with E-state index < -0.39 is 0 Å². The number of fused-ring (bicyclic) bond motifs is 2. The highest BCUT2D eigenvalue weighted by molar-refractivity contribution is 6.31. The lowest BCUT2D eigenvalue weighted by Crippen LogP contribution is -2.55. The number of hydrogen-bond acceptors (Lipinski definition) is 4. The molecule has 2 bridgehead atoms. The number of carbonyl (C=O) groups excluding carboxylic acids is 2. The van der Waals surface area contributed by atoms with Crippen LogP contribution in [-0.2, 0) is 16.1 Å². The smallest absolute Gasteiger partial charge is 0.247 e. The van der Waals surface area contributed by atoms with Gasteiger partial charge in [0.1, 0.15) is 5.82 Å². The molecule has 0 saturated carbocycles. The quantitative estimate of drug-likeness (QED) is 0.606. The normalized spacial score (nSPS) is 20.3. The Balaban J connectivity index is 1.41. The first-order valence-electron chi connectivity index (χ1n) is 11.5. The summed E-state index contributed by atoms with van der Waals surface area (Å²) in [5.41, 5.74) is 2.38. The summed E-state index contributed by atoms with van der Waals surface area (Å²) < 4.78 is 13.2. The number of rotatable bonds is 7. The van der Waals surface area contributed by atoms with Crippen molar-refractivity contribution in [1.82, 2.24) is 14.7 Å². The Bertz CT molecular complexity index is 1060. The van der Waals surface area contributed by atoms with Gasteiger partial charge in [0, 0.05) is 48.5 Å².